The third kappa shape index (κ3) is 6.84. The van der Waals surface area contributed by atoms with Gasteiger partial charge in [0.1, 0.15) is 5.75 Å². The SMILES string of the molecule is CN(C)CCN(C)c1ccc2c(c1)CNCC(=O)N1CC[C@@H](CC(=O)O)[C@@H](CCCO2)C1. The summed E-state index contributed by atoms with van der Waals surface area (Å²) >= 11 is 0. The fraction of sp³-hybridized carbons (Fsp3) is 0.667. The summed E-state index contributed by atoms with van der Waals surface area (Å²) in [6, 6.07) is 6.25. The number of nitrogens with one attached hydrogen (secondary N) is 1. The highest BCUT2D eigenvalue weighted by Gasteiger charge is 2.32. The highest BCUT2D eigenvalue weighted by atomic mass is 16.5. The number of ether oxygens (including phenoxy) is 1. The first-order valence-electron chi connectivity index (χ1n) is 11.7. The van der Waals surface area contributed by atoms with Crippen molar-refractivity contribution >= 4 is 17.6 Å². The van der Waals surface area contributed by atoms with Crippen LogP contribution in [0.1, 0.15) is 31.2 Å². The molecule has 0 aromatic heterocycles. The first-order chi connectivity index (χ1) is 15.3. The van der Waals surface area contributed by atoms with Crippen LogP contribution in [0.15, 0.2) is 18.2 Å². The minimum atomic E-state index is -0.754. The van der Waals surface area contributed by atoms with Crippen molar-refractivity contribution in [2.45, 2.75) is 32.2 Å². The molecule has 1 fully saturated rings. The van der Waals surface area contributed by atoms with E-state index in [0.717, 1.165) is 49.4 Å². The van der Waals surface area contributed by atoms with Crippen LogP contribution in [-0.2, 0) is 16.1 Å². The molecule has 8 heteroatoms. The average molecular weight is 447 g/mol. The summed E-state index contributed by atoms with van der Waals surface area (Å²) in [5.74, 6) is 0.516. The van der Waals surface area contributed by atoms with Gasteiger partial charge in [0.15, 0.2) is 0 Å². The van der Waals surface area contributed by atoms with Crippen LogP contribution in [0.5, 0.6) is 5.75 Å². The number of fused-ring (bicyclic) bond motifs is 3. The number of likely N-dealkylation sites (N-methyl/N-ethyl adjacent to an activating group) is 2. The predicted octanol–water partition coefficient (Wildman–Crippen LogP) is 1.89. The first kappa shape index (κ1) is 24.3. The zero-order chi connectivity index (χ0) is 23.1. The lowest BCUT2D eigenvalue weighted by Gasteiger charge is -2.38. The van der Waals surface area contributed by atoms with Crippen LogP contribution >= 0.6 is 0 Å². The molecule has 2 aliphatic heterocycles. The van der Waals surface area contributed by atoms with Gasteiger partial charge in [0.05, 0.1) is 13.2 Å². The maximum Gasteiger partial charge on any atom is 0.303 e. The van der Waals surface area contributed by atoms with Gasteiger partial charge in [0, 0.05) is 57.4 Å². The van der Waals surface area contributed by atoms with E-state index in [1.807, 2.05) is 11.0 Å². The molecule has 32 heavy (non-hydrogen) atoms. The van der Waals surface area contributed by atoms with E-state index in [1.165, 1.54) is 0 Å². The lowest BCUT2D eigenvalue weighted by atomic mass is 9.80. The Bertz CT molecular complexity index is 785. The molecule has 2 N–H and O–H groups in total. The van der Waals surface area contributed by atoms with Gasteiger partial charge in [-0.15, -0.1) is 0 Å². The van der Waals surface area contributed by atoms with Crippen molar-refractivity contribution in [1.29, 1.82) is 0 Å². The molecule has 0 unspecified atom stereocenters. The Morgan fingerprint density at radius 2 is 2.03 bits per heavy atom. The van der Waals surface area contributed by atoms with Gasteiger partial charge < -0.3 is 29.9 Å². The van der Waals surface area contributed by atoms with Gasteiger partial charge in [0.25, 0.3) is 0 Å². The van der Waals surface area contributed by atoms with E-state index in [4.69, 9.17) is 4.74 Å². The van der Waals surface area contributed by atoms with Crippen molar-refractivity contribution in [2.75, 3.05) is 65.4 Å². The predicted molar refractivity (Wildman–Crippen MR) is 125 cm³/mol. The van der Waals surface area contributed by atoms with E-state index >= 15 is 0 Å². The maximum absolute atomic E-state index is 12.8. The Hall–Kier alpha value is -2.32. The van der Waals surface area contributed by atoms with Crippen LogP contribution in [-0.4, -0.2) is 87.3 Å². The summed E-state index contributed by atoms with van der Waals surface area (Å²) in [4.78, 5) is 30.4. The summed E-state index contributed by atoms with van der Waals surface area (Å²) < 4.78 is 6.13. The van der Waals surface area contributed by atoms with E-state index < -0.39 is 5.97 Å². The molecule has 0 aliphatic carbocycles. The summed E-state index contributed by atoms with van der Waals surface area (Å²) in [5.41, 5.74) is 2.18. The number of aliphatic carboxylic acids is 1. The quantitative estimate of drug-likeness (QED) is 0.690. The molecule has 178 valence electrons. The number of nitrogens with zero attached hydrogens (tertiary/aromatic N) is 3. The van der Waals surface area contributed by atoms with Crippen molar-refractivity contribution in [3.63, 3.8) is 0 Å². The number of anilines is 1. The van der Waals surface area contributed by atoms with Crippen molar-refractivity contribution < 1.29 is 19.4 Å². The molecule has 0 saturated carbocycles. The van der Waals surface area contributed by atoms with Crippen LogP contribution in [0, 0.1) is 11.8 Å². The topological polar surface area (TPSA) is 85.4 Å². The Morgan fingerprint density at radius 1 is 1.22 bits per heavy atom. The molecule has 8 nitrogen and oxygen atoms in total. The van der Waals surface area contributed by atoms with Crippen LogP contribution in [0.4, 0.5) is 5.69 Å². The number of carboxylic acids is 1. The van der Waals surface area contributed by atoms with Gasteiger partial charge in [-0.2, -0.15) is 0 Å². The van der Waals surface area contributed by atoms with Crippen molar-refractivity contribution in [3.05, 3.63) is 23.8 Å². The molecule has 1 saturated heterocycles. The largest absolute Gasteiger partial charge is 0.493 e. The van der Waals surface area contributed by atoms with Crippen LogP contribution in [0.25, 0.3) is 0 Å². The first-order valence-corrected chi connectivity index (χ1v) is 11.7. The van der Waals surface area contributed by atoms with Crippen molar-refractivity contribution in [3.8, 4) is 5.75 Å². The Kier molecular flexibility index (Phi) is 8.75. The lowest BCUT2D eigenvalue weighted by molar-refractivity contribution is -0.139. The molecule has 0 radical (unpaired) electrons. The van der Waals surface area contributed by atoms with Gasteiger partial charge in [-0.25, -0.2) is 0 Å². The minimum Gasteiger partial charge on any atom is -0.493 e. The maximum atomic E-state index is 12.8. The van der Waals surface area contributed by atoms with E-state index in [2.05, 4.69) is 48.4 Å². The van der Waals surface area contributed by atoms with Gasteiger partial charge in [0.2, 0.25) is 5.91 Å². The van der Waals surface area contributed by atoms with Crippen molar-refractivity contribution in [2.24, 2.45) is 11.8 Å². The van der Waals surface area contributed by atoms with Crippen molar-refractivity contribution in [1.82, 2.24) is 15.1 Å². The molecular weight excluding hydrogens is 408 g/mol. The number of carbonyl (C=O) groups excluding carboxylic acids is 1. The lowest BCUT2D eigenvalue weighted by Crippen LogP contribution is -2.47. The molecule has 2 heterocycles. The second kappa shape index (κ2) is 11.5. The average Bonchev–Trinajstić information content (AvgIpc) is 2.76. The second-order valence-corrected chi connectivity index (χ2v) is 9.36. The van der Waals surface area contributed by atoms with Crippen LogP contribution in [0.2, 0.25) is 0 Å². The van der Waals surface area contributed by atoms with Crippen LogP contribution in [0.3, 0.4) is 0 Å². The zero-order valence-corrected chi connectivity index (χ0v) is 19.7. The molecular formula is C24H38N4O4. The molecule has 1 aromatic rings. The number of benzene rings is 1. The fourth-order valence-corrected chi connectivity index (χ4v) is 4.63. The molecule has 0 spiro atoms. The monoisotopic (exact) mass is 446 g/mol. The standard InChI is InChI=1S/C24H38N4O4/c1-26(2)10-11-27(3)21-6-7-22-20(13-21)15-25-16-23(29)28-9-8-18(14-24(30)31)19(17-28)5-4-12-32-22/h6-7,13,18-19,25H,4-5,8-12,14-17H2,1-3H3,(H,30,31)/t18-,19-/m0/s1. The van der Waals surface area contributed by atoms with E-state index in [-0.39, 0.29) is 30.7 Å². The third-order valence-electron chi connectivity index (χ3n) is 6.62. The third-order valence-corrected chi connectivity index (χ3v) is 6.62. The molecule has 2 aliphatic rings. The van der Waals surface area contributed by atoms with Crippen LogP contribution < -0.4 is 15.0 Å². The number of carboxylic acid groups (broad SMARTS) is 1. The summed E-state index contributed by atoms with van der Waals surface area (Å²) in [6.45, 7) is 4.61. The minimum absolute atomic E-state index is 0.0877. The molecule has 1 amide bonds. The number of hydrogen-bond acceptors (Lipinski definition) is 6. The van der Waals surface area contributed by atoms with E-state index in [1.54, 1.807) is 0 Å². The summed E-state index contributed by atoms with van der Waals surface area (Å²) in [6.07, 6.45) is 2.65. The smallest absolute Gasteiger partial charge is 0.303 e. The van der Waals surface area contributed by atoms with E-state index in [9.17, 15) is 14.7 Å². The summed E-state index contributed by atoms with van der Waals surface area (Å²) in [7, 11) is 6.22. The normalized spacial score (nSPS) is 22.2. The Labute approximate surface area is 191 Å². The van der Waals surface area contributed by atoms with Gasteiger partial charge in [-0.05, 0) is 63.4 Å². The van der Waals surface area contributed by atoms with E-state index in [0.29, 0.717) is 26.2 Å². The molecule has 1 aromatic carbocycles. The number of carbonyl (C=O) groups is 2. The fourth-order valence-electron chi connectivity index (χ4n) is 4.63. The number of piperidine rings is 1. The number of hydrogen-bond donors (Lipinski definition) is 2. The highest BCUT2D eigenvalue weighted by molar-refractivity contribution is 5.78. The Morgan fingerprint density at radius 3 is 2.78 bits per heavy atom. The zero-order valence-electron chi connectivity index (χ0n) is 19.7. The van der Waals surface area contributed by atoms with Gasteiger partial charge >= 0.3 is 5.97 Å². The second-order valence-electron chi connectivity index (χ2n) is 9.36. The number of amides is 1. The summed E-state index contributed by atoms with van der Waals surface area (Å²) in [5, 5.41) is 12.6. The number of rotatable bonds is 6. The molecule has 2 atom stereocenters. The van der Waals surface area contributed by atoms with Gasteiger partial charge in [-0.1, -0.05) is 0 Å². The highest BCUT2D eigenvalue weighted by Crippen LogP contribution is 2.31. The van der Waals surface area contributed by atoms with Gasteiger partial charge in [-0.3, -0.25) is 9.59 Å². The molecule has 2 bridgehead atoms. The Balaban J connectivity index is 1.71. The molecule has 3 rings (SSSR count).